The summed E-state index contributed by atoms with van der Waals surface area (Å²) in [4.78, 5) is 14.5. The highest BCUT2D eigenvalue weighted by molar-refractivity contribution is 7.99. The van der Waals surface area contributed by atoms with Crippen molar-refractivity contribution in [1.82, 2.24) is 10.2 Å². The lowest BCUT2D eigenvalue weighted by atomic mass is 9.94. The van der Waals surface area contributed by atoms with Gasteiger partial charge in [-0.15, -0.1) is 11.8 Å². The van der Waals surface area contributed by atoms with E-state index in [9.17, 15) is 4.79 Å². The van der Waals surface area contributed by atoms with Gasteiger partial charge in [0.1, 0.15) is 0 Å². The average Bonchev–Trinajstić information content (AvgIpc) is 2.55. The minimum absolute atomic E-state index is 0.0118. The molecule has 3 nitrogen and oxygen atoms in total. The molecule has 122 valence electrons. The maximum absolute atomic E-state index is 12.1. The molecule has 1 amide bonds. The van der Waals surface area contributed by atoms with Gasteiger partial charge < -0.3 is 10.2 Å². The highest BCUT2D eigenvalue weighted by atomic mass is 32.2. The number of thioether (sulfide) groups is 1. The molecule has 1 fully saturated rings. The van der Waals surface area contributed by atoms with Gasteiger partial charge in [0.2, 0.25) is 5.91 Å². The summed E-state index contributed by atoms with van der Waals surface area (Å²) < 4.78 is 0. The van der Waals surface area contributed by atoms with Gasteiger partial charge in [-0.2, -0.15) is 0 Å². The largest absolute Gasteiger partial charge is 0.355 e. The average molecular weight is 321 g/mol. The van der Waals surface area contributed by atoms with Gasteiger partial charge in [-0.05, 0) is 57.8 Å². The van der Waals surface area contributed by atoms with Crippen LogP contribution in [0.3, 0.4) is 0 Å². The summed E-state index contributed by atoms with van der Waals surface area (Å²) in [7, 11) is 2.18. The van der Waals surface area contributed by atoms with E-state index in [1.165, 1.54) is 31.5 Å². The summed E-state index contributed by atoms with van der Waals surface area (Å²) in [5, 5.41) is 3.12. The third-order valence-corrected chi connectivity index (χ3v) is 5.62. The molecule has 1 N–H and O–H groups in total. The van der Waals surface area contributed by atoms with Crippen molar-refractivity contribution in [3.05, 3.63) is 35.9 Å². The standard InChI is InChI=1S/C18H28N2OS/c1-15(22-14-17-6-4-3-5-7-17)18(21)19-11-8-16-9-12-20(2)13-10-16/h3-7,15-16H,8-14H2,1-2H3,(H,19,21). The minimum atomic E-state index is 0.0118. The molecule has 1 aliphatic heterocycles. The summed E-state index contributed by atoms with van der Waals surface area (Å²) in [6.07, 6.45) is 3.66. The van der Waals surface area contributed by atoms with Crippen molar-refractivity contribution in [2.24, 2.45) is 5.92 Å². The summed E-state index contributed by atoms with van der Waals surface area (Å²) in [6, 6.07) is 10.3. The van der Waals surface area contributed by atoms with Gasteiger partial charge in [-0.3, -0.25) is 4.79 Å². The molecule has 2 rings (SSSR count). The molecule has 1 atom stereocenters. The molecule has 1 aliphatic rings. The van der Waals surface area contributed by atoms with Crippen LogP contribution in [0.25, 0.3) is 0 Å². The van der Waals surface area contributed by atoms with Crippen molar-refractivity contribution in [2.75, 3.05) is 26.7 Å². The Balaban J connectivity index is 1.60. The second-order valence-corrected chi connectivity index (χ2v) is 7.59. The molecule has 0 bridgehead atoms. The van der Waals surface area contributed by atoms with Crippen LogP contribution in [0.2, 0.25) is 0 Å². The SMILES string of the molecule is CC(SCc1ccccc1)C(=O)NCCC1CCN(C)CC1. The molecule has 1 unspecified atom stereocenters. The minimum Gasteiger partial charge on any atom is -0.355 e. The van der Waals surface area contributed by atoms with Crippen molar-refractivity contribution in [2.45, 2.75) is 37.2 Å². The molecular weight excluding hydrogens is 292 g/mol. The number of carbonyl (C=O) groups excluding carboxylic acids is 1. The first-order chi connectivity index (χ1) is 10.6. The highest BCUT2D eigenvalue weighted by Crippen LogP contribution is 2.20. The van der Waals surface area contributed by atoms with E-state index < -0.39 is 0 Å². The molecule has 0 aliphatic carbocycles. The Bertz CT molecular complexity index is 444. The quantitative estimate of drug-likeness (QED) is 0.837. The Morgan fingerprint density at radius 2 is 2.00 bits per heavy atom. The van der Waals surface area contributed by atoms with Gasteiger partial charge in [-0.1, -0.05) is 30.3 Å². The number of carbonyl (C=O) groups is 1. The monoisotopic (exact) mass is 320 g/mol. The van der Waals surface area contributed by atoms with Gasteiger partial charge in [0.25, 0.3) is 0 Å². The van der Waals surface area contributed by atoms with Gasteiger partial charge in [0, 0.05) is 12.3 Å². The van der Waals surface area contributed by atoms with E-state index in [-0.39, 0.29) is 11.2 Å². The van der Waals surface area contributed by atoms with Crippen molar-refractivity contribution in [3.63, 3.8) is 0 Å². The molecule has 0 saturated carbocycles. The molecule has 22 heavy (non-hydrogen) atoms. The van der Waals surface area contributed by atoms with E-state index in [2.05, 4.69) is 29.4 Å². The summed E-state index contributed by atoms with van der Waals surface area (Å²) in [6.45, 7) is 5.21. The Kier molecular flexibility index (Phi) is 7.26. The Morgan fingerprint density at radius 3 is 2.68 bits per heavy atom. The van der Waals surface area contributed by atoms with Gasteiger partial charge in [0.05, 0.1) is 5.25 Å². The summed E-state index contributed by atoms with van der Waals surface area (Å²) >= 11 is 1.71. The topological polar surface area (TPSA) is 32.3 Å². The third kappa shape index (κ3) is 6.01. The van der Waals surface area contributed by atoms with Crippen molar-refractivity contribution in [3.8, 4) is 0 Å². The normalized spacial score (nSPS) is 18.1. The van der Waals surface area contributed by atoms with Gasteiger partial charge in [0.15, 0.2) is 0 Å². The van der Waals surface area contributed by atoms with Crippen LogP contribution in [0.4, 0.5) is 0 Å². The van der Waals surface area contributed by atoms with Crippen LogP contribution < -0.4 is 5.32 Å². The smallest absolute Gasteiger partial charge is 0.232 e. The van der Waals surface area contributed by atoms with E-state index in [1.54, 1.807) is 11.8 Å². The first-order valence-corrected chi connectivity index (χ1v) is 9.32. The lowest BCUT2D eigenvalue weighted by molar-refractivity contribution is -0.120. The molecule has 4 heteroatoms. The predicted molar refractivity (Wildman–Crippen MR) is 95.0 cm³/mol. The lowest BCUT2D eigenvalue weighted by Crippen LogP contribution is -2.35. The number of hydrogen-bond acceptors (Lipinski definition) is 3. The molecule has 1 saturated heterocycles. The van der Waals surface area contributed by atoms with Crippen LogP contribution >= 0.6 is 11.8 Å². The van der Waals surface area contributed by atoms with Crippen molar-refractivity contribution in [1.29, 1.82) is 0 Å². The Hall–Kier alpha value is -1.00. The first-order valence-electron chi connectivity index (χ1n) is 8.27. The zero-order valence-corrected chi connectivity index (χ0v) is 14.6. The first kappa shape index (κ1) is 17.4. The van der Waals surface area contributed by atoms with Crippen LogP contribution in [-0.2, 0) is 10.5 Å². The van der Waals surface area contributed by atoms with Crippen molar-refractivity contribution >= 4 is 17.7 Å². The molecule has 0 radical (unpaired) electrons. The zero-order valence-electron chi connectivity index (χ0n) is 13.8. The number of rotatable bonds is 7. The van der Waals surface area contributed by atoms with Crippen LogP contribution in [0.1, 0.15) is 31.7 Å². The summed E-state index contributed by atoms with van der Waals surface area (Å²) in [5.74, 6) is 1.85. The molecule has 0 spiro atoms. The molecule has 1 aromatic carbocycles. The second-order valence-electron chi connectivity index (χ2n) is 6.27. The Morgan fingerprint density at radius 1 is 1.32 bits per heavy atom. The predicted octanol–water partition coefficient (Wildman–Crippen LogP) is 3.16. The molecule has 0 aromatic heterocycles. The van der Waals surface area contributed by atoms with Crippen LogP contribution in [0.15, 0.2) is 30.3 Å². The van der Waals surface area contributed by atoms with E-state index in [1.807, 2.05) is 25.1 Å². The van der Waals surface area contributed by atoms with Gasteiger partial charge in [-0.25, -0.2) is 0 Å². The molecular formula is C18H28N2OS. The number of amides is 1. The number of nitrogens with zero attached hydrogens (tertiary/aromatic N) is 1. The number of hydrogen-bond donors (Lipinski definition) is 1. The van der Waals surface area contributed by atoms with Crippen LogP contribution in [0.5, 0.6) is 0 Å². The number of benzene rings is 1. The maximum atomic E-state index is 12.1. The maximum Gasteiger partial charge on any atom is 0.232 e. The van der Waals surface area contributed by atoms with E-state index >= 15 is 0 Å². The lowest BCUT2D eigenvalue weighted by Gasteiger charge is -2.29. The fourth-order valence-corrected chi connectivity index (χ4v) is 3.63. The third-order valence-electron chi connectivity index (χ3n) is 4.40. The van der Waals surface area contributed by atoms with E-state index in [0.29, 0.717) is 0 Å². The van der Waals surface area contributed by atoms with Crippen LogP contribution in [-0.4, -0.2) is 42.7 Å². The molecule has 1 heterocycles. The molecule has 1 aromatic rings. The van der Waals surface area contributed by atoms with Crippen LogP contribution in [0, 0.1) is 5.92 Å². The fraction of sp³-hybridized carbons (Fsp3) is 0.611. The highest BCUT2D eigenvalue weighted by Gasteiger charge is 2.17. The number of piperidine rings is 1. The van der Waals surface area contributed by atoms with E-state index in [4.69, 9.17) is 0 Å². The van der Waals surface area contributed by atoms with Crippen molar-refractivity contribution < 1.29 is 4.79 Å². The second kappa shape index (κ2) is 9.21. The van der Waals surface area contributed by atoms with Gasteiger partial charge >= 0.3 is 0 Å². The summed E-state index contributed by atoms with van der Waals surface area (Å²) in [5.41, 5.74) is 1.28. The van der Waals surface area contributed by atoms with E-state index in [0.717, 1.165) is 24.6 Å². The Labute approximate surface area is 138 Å². The fourth-order valence-electron chi connectivity index (χ4n) is 2.77. The number of likely N-dealkylation sites (tertiary alicyclic amines) is 1. The zero-order chi connectivity index (χ0) is 15.8. The number of nitrogens with one attached hydrogen (secondary N) is 1.